The van der Waals surface area contributed by atoms with Gasteiger partial charge < -0.3 is 49.0 Å². The van der Waals surface area contributed by atoms with Gasteiger partial charge in [-0.1, -0.05) is 24.6 Å². The second-order valence-electron chi connectivity index (χ2n) is 9.93. The molecule has 14 nitrogen and oxygen atoms in total. The smallest absolute Gasteiger partial charge is 0.326 e. The molecule has 41 heavy (non-hydrogen) atoms. The lowest BCUT2D eigenvalue weighted by atomic mass is 10.0. The molecule has 13 N–H and O–H groups in total. The van der Waals surface area contributed by atoms with Gasteiger partial charge in [-0.3, -0.25) is 19.2 Å². The van der Waals surface area contributed by atoms with Crippen molar-refractivity contribution in [2.24, 2.45) is 22.9 Å². The molecule has 226 valence electrons. The number of aromatic nitrogens is 1. The van der Waals surface area contributed by atoms with Gasteiger partial charge >= 0.3 is 5.97 Å². The molecule has 4 atom stereocenters. The van der Waals surface area contributed by atoms with Crippen LogP contribution >= 0.6 is 0 Å². The number of carboxylic acids is 1. The lowest BCUT2D eigenvalue weighted by molar-refractivity contribution is -0.142. The number of nitrogens with one attached hydrogen (secondary N) is 4. The Hall–Kier alpha value is -4.01. The fourth-order valence-electron chi connectivity index (χ4n) is 4.35. The molecule has 0 fully saturated rings. The van der Waals surface area contributed by atoms with Gasteiger partial charge in [-0.25, -0.2) is 4.79 Å². The summed E-state index contributed by atoms with van der Waals surface area (Å²) in [5.74, 6) is -4.33. The summed E-state index contributed by atoms with van der Waals surface area (Å²) in [6, 6.07) is 2.55. The number of benzene rings is 1. The molecule has 2 aromatic rings. The summed E-state index contributed by atoms with van der Waals surface area (Å²) < 4.78 is 0. The molecular weight excluding hydrogens is 532 g/mol. The van der Waals surface area contributed by atoms with Crippen LogP contribution in [0, 0.1) is 0 Å². The molecule has 0 aliphatic carbocycles. The minimum atomic E-state index is -1.40. The Morgan fingerprint density at radius 2 is 1.39 bits per heavy atom. The van der Waals surface area contributed by atoms with Crippen LogP contribution in [0.5, 0.6) is 0 Å². The molecule has 0 radical (unpaired) electrons. The summed E-state index contributed by atoms with van der Waals surface area (Å²) in [4.78, 5) is 66.0. The number of aromatic amines is 1. The quantitative estimate of drug-likeness (QED) is 0.0902. The molecule has 4 amide bonds. The number of hydrogen-bond acceptors (Lipinski definition) is 8. The van der Waals surface area contributed by atoms with E-state index < -0.39 is 60.2 Å². The predicted molar refractivity (Wildman–Crippen MR) is 153 cm³/mol. The largest absolute Gasteiger partial charge is 0.480 e. The number of unbranched alkanes of at least 4 members (excludes halogenated alkanes) is 2. The number of nitrogens with two attached hydrogens (primary N) is 4. The third-order valence-corrected chi connectivity index (χ3v) is 6.64. The van der Waals surface area contributed by atoms with Crippen LogP contribution in [-0.4, -0.2) is 76.9 Å². The van der Waals surface area contributed by atoms with Crippen molar-refractivity contribution in [2.45, 2.75) is 75.5 Å². The van der Waals surface area contributed by atoms with Crippen LogP contribution in [-0.2, 0) is 30.4 Å². The molecule has 0 aliphatic rings. The second-order valence-corrected chi connectivity index (χ2v) is 9.93. The van der Waals surface area contributed by atoms with Gasteiger partial charge in [0.2, 0.25) is 23.6 Å². The third-order valence-electron chi connectivity index (χ3n) is 6.64. The fraction of sp³-hybridized carbons (Fsp3) is 0.519. The van der Waals surface area contributed by atoms with Crippen LogP contribution < -0.4 is 38.9 Å². The summed E-state index contributed by atoms with van der Waals surface area (Å²) in [6.07, 6.45) is 3.94. The van der Waals surface area contributed by atoms with Gasteiger partial charge in [0, 0.05) is 23.5 Å². The average molecular weight is 575 g/mol. The van der Waals surface area contributed by atoms with Crippen LogP contribution in [0.2, 0.25) is 0 Å². The van der Waals surface area contributed by atoms with Crippen molar-refractivity contribution in [3.05, 3.63) is 36.0 Å². The lowest BCUT2D eigenvalue weighted by Crippen LogP contribution is -2.58. The van der Waals surface area contributed by atoms with Gasteiger partial charge in [-0.2, -0.15) is 0 Å². The first kappa shape index (κ1) is 33.2. The molecule has 4 unspecified atom stereocenters. The Morgan fingerprint density at radius 1 is 0.805 bits per heavy atom. The zero-order valence-corrected chi connectivity index (χ0v) is 23.1. The first-order valence-electron chi connectivity index (χ1n) is 13.7. The topological polar surface area (TPSA) is 262 Å². The zero-order chi connectivity index (χ0) is 30.4. The molecule has 1 aromatic heterocycles. The average Bonchev–Trinajstić information content (AvgIpc) is 3.34. The fourth-order valence-corrected chi connectivity index (χ4v) is 4.35. The van der Waals surface area contributed by atoms with Crippen molar-refractivity contribution in [1.29, 1.82) is 0 Å². The van der Waals surface area contributed by atoms with Crippen molar-refractivity contribution in [2.75, 3.05) is 13.1 Å². The van der Waals surface area contributed by atoms with Crippen molar-refractivity contribution in [1.82, 2.24) is 20.9 Å². The molecule has 1 aromatic carbocycles. The van der Waals surface area contributed by atoms with Gasteiger partial charge in [0.15, 0.2) is 0 Å². The number of amides is 4. The van der Waals surface area contributed by atoms with Crippen molar-refractivity contribution in [3.8, 4) is 0 Å². The minimum Gasteiger partial charge on any atom is -0.480 e. The summed E-state index contributed by atoms with van der Waals surface area (Å²) in [6.45, 7) is 0.819. The van der Waals surface area contributed by atoms with Gasteiger partial charge in [0.25, 0.3) is 0 Å². The first-order valence-corrected chi connectivity index (χ1v) is 13.7. The molecule has 1 heterocycles. The number of fused-ring (bicyclic) bond motifs is 1. The van der Waals surface area contributed by atoms with Gasteiger partial charge in [0.05, 0.1) is 12.5 Å². The maximum atomic E-state index is 13.4. The minimum absolute atomic E-state index is 0.00737. The highest BCUT2D eigenvalue weighted by Gasteiger charge is 2.31. The van der Waals surface area contributed by atoms with E-state index >= 15 is 0 Å². The van der Waals surface area contributed by atoms with Crippen LogP contribution in [0.15, 0.2) is 30.5 Å². The Balaban J connectivity index is 2.27. The van der Waals surface area contributed by atoms with Crippen LogP contribution in [0.3, 0.4) is 0 Å². The number of para-hydroxylation sites is 1. The predicted octanol–water partition coefficient (Wildman–Crippen LogP) is -1.29. The highest BCUT2D eigenvalue weighted by atomic mass is 16.4. The van der Waals surface area contributed by atoms with Crippen molar-refractivity contribution < 1.29 is 29.1 Å². The van der Waals surface area contributed by atoms with E-state index in [1.54, 1.807) is 6.20 Å². The van der Waals surface area contributed by atoms with Crippen molar-refractivity contribution >= 4 is 40.5 Å². The number of carboxylic acid groups (broad SMARTS) is 1. The lowest BCUT2D eigenvalue weighted by Gasteiger charge is -2.25. The molecular formula is C27H42N8O6. The number of carbonyl (C=O) groups excluding carboxylic acids is 4. The molecule has 0 bridgehead atoms. The van der Waals surface area contributed by atoms with Crippen molar-refractivity contribution in [3.63, 3.8) is 0 Å². The molecule has 0 spiro atoms. The SMILES string of the molecule is NCCCCC(N)C(=O)NC(CC(N)=O)C(=O)NC(Cc1c[nH]c2ccccc12)C(=O)NC(CCCCN)C(=O)O. The second kappa shape index (κ2) is 16.9. The van der Waals surface area contributed by atoms with Crippen LogP contribution in [0.25, 0.3) is 10.9 Å². The standard InChI is InChI=1S/C27H42N8O6/c28-11-5-3-8-18(30)24(37)34-22(14-23(31)36)26(39)35-21(13-16-15-32-19-9-2-1-7-17(16)19)25(38)33-20(27(40)41)10-4-6-12-29/h1-2,7,9,15,18,20-22,32H,3-6,8,10-14,28-30H2,(H2,31,36)(H,33,38)(H,34,37)(H,35,39)(H,40,41). The number of H-pyrrole nitrogens is 1. The van der Waals surface area contributed by atoms with E-state index in [1.807, 2.05) is 24.3 Å². The van der Waals surface area contributed by atoms with Gasteiger partial charge in [-0.05, 0) is 56.8 Å². The van der Waals surface area contributed by atoms with E-state index in [0.717, 1.165) is 10.9 Å². The highest BCUT2D eigenvalue weighted by molar-refractivity contribution is 5.96. The van der Waals surface area contributed by atoms with E-state index in [-0.39, 0.29) is 12.8 Å². The van der Waals surface area contributed by atoms with E-state index in [2.05, 4.69) is 20.9 Å². The number of hydrogen-bond donors (Lipinski definition) is 9. The maximum Gasteiger partial charge on any atom is 0.326 e. The normalized spacial score (nSPS) is 14.0. The molecule has 0 saturated carbocycles. The number of aliphatic carboxylic acids is 1. The Labute approximate surface area is 238 Å². The summed E-state index contributed by atoms with van der Waals surface area (Å²) >= 11 is 0. The monoisotopic (exact) mass is 574 g/mol. The van der Waals surface area contributed by atoms with Gasteiger partial charge in [-0.15, -0.1) is 0 Å². The summed E-state index contributed by atoms with van der Waals surface area (Å²) in [5, 5.41) is 18.0. The van der Waals surface area contributed by atoms with Gasteiger partial charge in [0.1, 0.15) is 18.1 Å². The molecule has 2 rings (SSSR count). The third kappa shape index (κ3) is 10.8. The van der Waals surface area contributed by atoms with E-state index in [0.29, 0.717) is 50.8 Å². The number of carbonyl (C=O) groups is 5. The van der Waals surface area contributed by atoms with Crippen LogP contribution in [0.4, 0.5) is 0 Å². The zero-order valence-electron chi connectivity index (χ0n) is 23.1. The Morgan fingerprint density at radius 3 is 2.02 bits per heavy atom. The number of primary amides is 1. The van der Waals surface area contributed by atoms with E-state index in [4.69, 9.17) is 22.9 Å². The van der Waals surface area contributed by atoms with E-state index in [9.17, 15) is 29.1 Å². The Kier molecular flexibility index (Phi) is 13.7. The Bertz CT molecular complexity index is 1190. The summed E-state index contributed by atoms with van der Waals surface area (Å²) in [7, 11) is 0. The first-order chi connectivity index (χ1) is 19.6. The molecule has 0 saturated heterocycles. The maximum absolute atomic E-state index is 13.4. The molecule has 14 heteroatoms. The molecule has 0 aliphatic heterocycles. The van der Waals surface area contributed by atoms with Crippen LogP contribution in [0.1, 0.15) is 50.5 Å². The number of rotatable bonds is 19. The summed E-state index contributed by atoms with van der Waals surface area (Å²) in [5.41, 5.74) is 23.7. The highest BCUT2D eigenvalue weighted by Crippen LogP contribution is 2.19. The van der Waals surface area contributed by atoms with E-state index in [1.165, 1.54) is 0 Å².